The molecule has 1 aromatic carbocycles. The molecule has 0 aliphatic heterocycles. The first-order chi connectivity index (χ1) is 7.53. The summed E-state index contributed by atoms with van der Waals surface area (Å²) in [5, 5.41) is 0. The number of nitrogens with zero attached hydrogens (tertiary/aromatic N) is 1. The average molecular weight is 278 g/mol. The summed E-state index contributed by atoms with van der Waals surface area (Å²) in [6.45, 7) is 1.61. The third-order valence-corrected chi connectivity index (χ3v) is 5.26. The molecule has 0 bridgehead atoms. The number of hydrogen-bond acceptors (Lipinski definition) is 5. The number of nitrogen functional groups attached to an aromatic ring is 1. The van der Waals surface area contributed by atoms with Gasteiger partial charge in [0.05, 0.1) is 18.2 Å². The maximum absolute atomic E-state index is 11.5. The molecule has 0 amide bonds. The van der Waals surface area contributed by atoms with Crippen LogP contribution in [0.25, 0.3) is 0 Å². The van der Waals surface area contributed by atoms with E-state index in [1.165, 1.54) is 6.07 Å². The molecule has 17 heavy (non-hydrogen) atoms. The lowest BCUT2D eigenvalue weighted by Crippen LogP contribution is -2.35. The molecule has 0 spiro atoms. The van der Waals surface area contributed by atoms with Crippen LogP contribution in [0.2, 0.25) is 0 Å². The zero-order valence-corrected chi connectivity index (χ0v) is 11.3. The SMILES string of the molecule is Cc1ccc(N)cc1N(S(C)(=O)=O)S(C)(=O)=O. The van der Waals surface area contributed by atoms with Gasteiger partial charge in [-0.3, -0.25) is 0 Å². The van der Waals surface area contributed by atoms with Gasteiger partial charge in [0.2, 0.25) is 20.0 Å². The predicted molar refractivity (Wildman–Crippen MR) is 67.8 cm³/mol. The third-order valence-electron chi connectivity index (χ3n) is 2.03. The Hall–Kier alpha value is -1.28. The molecule has 0 aliphatic rings. The van der Waals surface area contributed by atoms with Gasteiger partial charge >= 0.3 is 0 Å². The van der Waals surface area contributed by atoms with Crippen LogP contribution in [-0.2, 0) is 20.0 Å². The van der Waals surface area contributed by atoms with Crippen LogP contribution in [0, 0.1) is 6.92 Å². The van der Waals surface area contributed by atoms with Gasteiger partial charge in [-0.1, -0.05) is 6.07 Å². The van der Waals surface area contributed by atoms with Crippen LogP contribution in [0.3, 0.4) is 0 Å². The molecule has 1 aromatic rings. The van der Waals surface area contributed by atoms with E-state index in [-0.39, 0.29) is 5.69 Å². The van der Waals surface area contributed by atoms with Crippen molar-refractivity contribution >= 4 is 31.4 Å². The minimum atomic E-state index is -3.93. The van der Waals surface area contributed by atoms with Crippen LogP contribution in [0.1, 0.15) is 5.56 Å². The molecule has 0 fully saturated rings. The predicted octanol–water partition coefficient (Wildman–Crippen LogP) is 0.303. The number of hydrogen-bond donors (Lipinski definition) is 1. The first-order valence-corrected chi connectivity index (χ1v) is 8.30. The molecular formula is C9H14N2O4S2. The number of aryl methyl sites for hydroxylation is 1. The van der Waals surface area contributed by atoms with Crippen molar-refractivity contribution in [3.05, 3.63) is 23.8 Å². The summed E-state index contributed by atoms with van der Waals surface area (Å²) < 4.78 is 46.6. The monoisotopic (exact) mass is 278 g/mol. The van der Waals surface area contributed by atoms with E-state index in [9.17, 15) is 16.8 Å². The standard InChI is InChI=1S/C9H14N2O4S2/c1-7-4-5-8(10)6-9(7)11(16(2,12)13)17(3,14)15/h4-6H,10H2,1-3H3. The minimum absolute atomic E-state index is 0.0509. The molecule has 0 atom stereocenters. The molecule has 6 nitrogen and oxygen atoms in total. The Morgan fingerprint density at radius 3 is 1.94 bits per heavy atom. The molecule has 1 rings (SSSR count). The molecule has 0 radical (unpaired) electrons. The summed E-state index contributed by atoms with van der Waals surface area (Å²) in [5.41, 5.74) is 6.39. The van der Waals surface area contributed by atoms with Gasteiger partial charge < -0.3 is 5.73 Å². The number of rotatable bonds is 3. The first-order valence-electron chi connectivity index (χ1n) is 4.60. The van der Waals surface area contributed by atoms with E-state index in [1.807, 2.05) is 0 Å². The van der Waals surface area contributed by atoms with Crippen LogP contribution in [0.5, 0.6) is 0 Å². The minimum Gasteiger partial charge on any atom is -0.399 e. The summed E-state index contributed by atoms with van der Waals surface area (Å²) in [4.78, 5) is 0. The molecular weight excluding hydrogens is 264 g/mol. The van der Waals surface area contributed by atoms with Crippen molar-refractivity contribution in [2.75, 3.05) is 22.0 Å². The second-order valence-electron chi connectivity index (χ2n) is 3.77. The van der Waals surface area contributed by atoms with Gasteiger partial charge in [-0.25, -0.2) is 16.8 Å². The van der Waals surface area contributed by atoms with Crippen LogP contribution in [0.15, 0.2) is 18.2 Å². The van der Waals surface area contributed by atoms with Crippen LogP contribution >= 0.6 is 0 Å². The summed E-state index contributed by atoms with van der Waals surface area (Å²) in [6.07, 6.45) is 1.66. The van der Waals surface area contributed by atoms with Crippen molar-refractivity contribution in [2.45, 2.75) is 6.92 Å². The molecule has 0 heterocycles. The normalized spacial score (nSPS) is 12.4. The molecule has 2 N–H and O–H groups in total. The lowest BCUT2D eigenvalue weighted by molar-refractivity contribution is 0.590. The van der Waals surface area contributed by atoms with Gasteiger partial charge in [0.15, 0.2) is 0 Å². The van der Waals surface area contributed by atoms with E-state index < -0.39 is 20.0 Å². The van der Waals surface area contributed by atoms with Crippen molar-refractivity contribution in [3.8, 4) is 0 Å². The smallest absolute Gasteiger partial charge is 0.245 e. The Morgan fingerprint density at radius 1 is 1.06 bits per heavy atom. The van der Waals surface area contributed by atoms with E-state index >= 15 is 0 Å². The molecule has 0 aliphatic carbocycles. The van der Waals surface area contributed by atoms with E-state index in [2.05, 4.69) is 0 Å². The van der Waals surface area contributed by atoms with Crippen molar-refractivity contribution in [1.82, 2.24) is 0 Å². The maximum Gasteiger partial charge on any atom is 0.245 e. The lowest BCUT2D eigenvalue weighted by Gasteiger charge is -2.21. The summed E-state index contributed by atoms with van der Waals surface area (Å²) in [7, 11) is -7.85. The Labute approximate surface area is 101 Å². The Balaban J connectivity index is 3.61. The second-order valence-corrected chi connectivity index (χ2v) is 7.66. The van der Waals surface area contributed by atoms with E-state index in [1.54, 1.807) is 19.1 Å². The van der Waals surface area contributed by atoms with Crippen molar-refractivity contribution in [1.29, 1.82) is 0 Å². The highest BCUT2D eigenvalue weighted by Crippen LogP contribution is 2.27. The summed E-state index contributed by atoms with van der Waals surface area (Å²) in [5.74, 6) is 0. The number of anilines is 2. The van der Waals surface area contributed by atoms with E-state index in [4.69, 9.17) is 5.73 Å². The van der Waals surface area contributed by atoms with Gasteiger partial charge in [0, 0.05) is 5.69 Å². The largest absolute Gasteiger partial charge is 0.399 e. The van der Waals surface area contributed by atoms with Crippen molar-refractivity contribution in [3.63, 3.8) is 0 Å². The highest BCUT2D eigenvalue weighted by molar-refractivity contribution is 8.09. The quantitative estimate of drug-likeness (QED) is 0.802. The van der Waals surface area contributed by atoms with Gasteiger partial charge in [0.25, 0.3) is 0 Å². The topological polar surface area (TPSA) is 97.5 Å². The fourth-order valence-electron chi connectivity index (χ4n) is 1.43. The zero-order chi connectivity index (χ0) is 13.4. The maximum atomic E-state index is 11.5. The van der Waals surface area contributed by atoms with Gasteiger partial charge in [-0.05, 0) is 24.6 Å². The number of nitrogens with two attached hydrogens (primary N) is 1. The van der Waals surface area contributed by atoms with Crippen molar-refractivity contribution < 1.29 is 16.8 Å². The zero-order valence-electron chi connectivity index (χ0n) is 9.71. The second kappa shape index (κ2) is 4.19. The van der Waals surface area contributed by atoms with Crippen LogP contribution in [0.4, 0.5) is 11.4 Å². The Bertz CT molecular complexity index is 603. The van der Waals surface area contributed by atoms with Crippen molar-refractivity contribution in [2.24, 2.45) is 0 Å². The molecule has 8 heteroatoms. The lowest BCUT2D eigenvalue weighted by atomic mass is 10.2. The molecule has 0 saturated carbocycles. The third kappa shape index (κ3) is 3.10. The first kappa shape index (κ1) is 13.8. The fraction of sp³-hybridized carbons (Fsp3) is 0.333. The molecule has 0 saturated heterocycles. The van der Waals surface area contributed by atoms with E-state index in [0.717, 1.165) is 12.5 Å². The summed E-state index contributed by atoms with van der Waals surface area (Å²) in [6, 6.07) is 4.45. The Kier molecular flexibility index (Phi) is 3.40. The highest BCUT2D eigenvalue weighted by atomic mass is 32.3. The molecule has 0 unspecified atom stereocenters. The molecule has 96 valence electrons. The Morgan fingerprint density at radius 2 is 1.53 bits per heavy atom. The number of benzene rings is 1. The van der Waals surface area contributed by atoms with E-state index in [0.29, 0.717) is 15.0 Å². The highest BCUT2D eigenvalue weighted by Gasteiger charge is 2.28. The van der Waals surface area contributed by atoms with Gasteiger partial charge in [0.1, 0.15) is 0 Å². The van der Waals surface area contributed by atoms with Crippen LogP contribution < -0.4 is 9.44 Å². The number of sulfonamides is 2. The van der Waals surface area contributed by atoms with Crippen LogP contribution in [-0.4, -0.2) is 29.3 Å². The summed E-state index contributed by atoms with van der Waals surface area (Å²) >= 11 is 0. The molecule has 0 aromatic heterocycles. The average Bonchev–Trinajstić information content (AvgIpc) is 2.06. The van der Waals surface area contributed by atoms with Gasteiger partial charge in [-0.2, -0.15) is 3.71 Å². The van der Waals surface area contributed by atoms with Gasteiger partial charge in [-0.15, -0.1) is 0 Å². The fourth-order valence-corrected chi connectivity index (χ4v) is 4.50.